The van der Waals surface area contributed by atoms with E-state index in [1.165, 1.54) is 11.1 Å². The molecule has 4 heteroatoms. The fourth-order valence-corrected chi connectivity index (χ4v) is 3.47. The monoisotopic (exact) mass is 409 g/mol. The Balaban J connectivity index is 1.72. The smallest absolute Gasteiger partial charge is 0.180 e. The first-order valence-electron chi connectivity index (χ1n) is 9.99. The molecular formula is C25H28ClNO2. The zero-order valence-electron chi connectivity index (χ0n) is 17.2. The average molecular weight is 410 g/mol. The van der Waals surface area contributed by atoms with E-state index in [-0.39, 0.29) is 6.04 Å². The molecule has 152 valence electrons. The van der Waals surface area contributed by atoms with E-state index in [2.05, 4.69) is 55.6 Å². The molecule has 0 heterocycles. The van der Waals surface area contributed by atoms with Crippen LogP contribution in [0.25, 0.3) is 0 Å². The van der Waals surface area contributed by atoms with Crippen LogP contribution < -0.4 is 14.8 Å². The maximum Gasteiger partial charge on any atom is 0.180 e. The third-order valence-electron chi connectivity index (χ3n) is 4.91. The van der Waals surface area contributed by atoms with Crippen molar-refractivity contribution in [2.24, 2.45) is 0 Å². The SMILES string of the molecule is CCOc1cc(CN[C@@H](C)c2ccccc2)cc(Cl)c1OCc1ccccc1C. The molecule has 0 bridgehead atoms. The molecule has 1 N–H and O–H groups in total. The van der Waals surface area contributed by atoms with Gasteiger partial charge in [0.1, 0.15) is 6.61 Å². The summed E-state index contributed by atoms with van der Waals surface area (Å²) in [6.45, 7) is 7.88. The Kier molecular flexibility index (Phi) is 7.56. The minimum Gasteiger partial charge on any atom is -0.490 e. The van der Waals surface area contributed by atoms with Gasteiger partial charge in [-0.2, -0.15) is 0 Å². The molecule has 0 saturated carbocycles. The molecule has 0 saturated heterocycles. The second kappa shape index (κ2) is 10.3. The standard InChI is InChI=1S/C25H28ClNO2/c1-4-28-24-15-20(16-27-19(3)21-11-6-5-7-12-21)14-23(26)25(24)29-17-22-13-9-8-10-18(22)2/h5-15,19,27H,4,16-17H2,1-3H3/t19-/m0/s1. The first-order valence-corrected chi connectivity index (χ1v) is 10.4. The summed E-state index contributed by atoms with van der Waals surface area (Å²) < 4.78 is 11.9. The number of aryl methyl sites for hydroxylation is 1. The summed E-state index contributed by atoms with van der Waals surface area (Å²) in [5.41, 5.74) is 4.64. The van der Waals surface area contributed by atoms with Gasteiger partial charge in [-0.3, -0.25) is 0 Å². The highest BCUT2D eigenvalue weighted by atomic mass is 35.5. The maximum absolute atomic E-state index is 6.58. The number of benzene rings is 3. The summed E-state index contributed by atoms with van der Waals surface area (Å²) in [5, 5.41) is 4.11. The van der Waals surface area contributed by atoms with Gasteiger partial charge in [-0.05, 0) is 55.2 Å². The molecule has 3 nitrogen and oxygen atoms in total. The molecule has 0 aliphatic heterocycles. The molecule has 3 aromatic carbocycles. The van der Waals surface area contributed by atoms with Crippen LogP contribution in [0.4, 0.5) is 0 Å². The minimum absolute atomic E-state index is 0.238. The van der Waals surface area contributed by atoms with Gasteiger partial charge in [0, 0.05) is 12.6 Å². The Bertz CT molecular complexity index is 927. The molecule has 0 aliphatic rings. The Morgan fingerprint density at radius 2 is 1.69 bits per heavy atom. The second-order valence-electron chi connectivity index (χ2n) is 7.07. The van der Waals surface area contributed by atoms with Gasteiger partial charge in [0.15, 0.2) is 11.5 Å². The predicted molar refractivity (Wildman–Crippen MR) is 120 cm³/mol. The third kappa shape index (κ3) is 5.75. The van der Waals surface area contributed by atoms with Gasteiger partial charge in [0.2, 0.25) is 0 Å². The Morgan fingerprint density at radius 3 is 2.41 bits per heavy atom. The summed E-state index contributed by atoms with van der Waals surface area (Å²) in [7, 11) is 0. The lowest BCUT2D eigenvalue weighted by molar-refractivity contribution is 0.268. The normalized spacial score (nSPS) is 11.9. The molecule has 0 aromatic heterocycles. The van der Waals surface area contributed by atoms with E-state index in [9.17, 15) is 0 Å². The number of nitrogens with one attached hydrogen (secondary N) is 1. The molecular weight excluding hydrogens is 382 g/mol. The van der Waals surface area contributed by atoms with E-state index in [0.29, 0.717) is 36.3 Å². The Labute approximate surface area is 178 Å². The molecule has 29 heavy (non-hydrogen) atoms. The van der Waals surface area contributed by atoms with E-state index in [0.717, 1.165) is 11.1 Å². The summed E-state index contributed by atoms with van der Waals surface area (Å²) in [6, 6.07) is 22.7. The lowest BCUT2D eigenvalue weighted by atomic mass is 10.1. The molecule has 0 aliphatic carbocycles. The fourth-order valence-electron chi connectivity index (χ4n) is 3.18. The van der Waals surface area contributed by atoms with E-state index < -0.39 is 0 Å². The highest BCUT2D eigenvalue weighted by Crippen LogP contribution is 2.37. The van der Waals surface area contributed by atoms with Gasteiger partial charge in [0.05, 0.1) is 11.6 Å². The maximum atomic E-state index is 6.58. The summed E-state index contributed by atoms with van der Waals surface area (Å²) >= 11 is 6.58. The first kappa shape index (κ1) is 21.2. The van der Waals surface area contributed by atoms with Crippen LogP contribution in [0.2, 0.25) is 5.02 Å². The molecule has 0 radical (unpaired) electrons. The number of halogens is 1. The summed E-state index contributed by atoms with van der Waals surface area (Å²) in [5.74, 6) is 1.27. The molecule has 3 rings (SSSR count). The highest BCUT2D eigenvalue weighted by molar-refractivity contribution is 6.32. The van der Waals surface area contributed by atoms with Crippen LogP contribution in [0.5, 0.6) is 11.5 Å². The molecule has 0 unspecified atom stereocenters. The predicted octanol–water partition coefficient (Wildman–Crippen LogP) is 6.48. The van der Waals surface area contributed by atoms with E-state index in [1.807, 2.05) is 37.3 Å². The molecule has 1 atom stereocenters. The van der Waals surface area contributed by atoms with E-state index >= 15 is 0 Å². The van der Waals surface area contributed by atoms with Gasteiger partial charge in [-0.25, -0.2) is 0 Å². The average Bonchev–Trinajstić information content (AvgIpc) is 2.73. The number of hydrogen-bond acceptors (Lipinski definition) is 3. The van der Waals surface area contributed by atoms with Crippen LogP contribution in [0.1, 0.15) is 42.1 Å². The summed E-state index contributed by atoms with van der Waals surface area (Å²) in [6.07, 6.45) is 0. The van der Waals surface area contributed by atoms with Crippen molar-refractivity contribution in [3.05, 3.63) is 94.0 Å². The Morgan fingerprint density at radius 1 is 0.966 bits per heavy atom. The molecule has 3 aromatic rings. The van der Waals surface area contributed by atoms with Crippen molar-refractivity contribution in [1.82, 2.24) is 5.32 Å². The van der Waals surface area contributed by atoms with Crippen molar-refractivity contribution in [2.75, 3.05) is 6.61 Å². The zero-order chi connectivity index (χ0) is 20.6. The van der Waals surface area contributed by atoms with Crippen molar-refractivity contribution in [2.45, 2.75) is 40.0 Å². The van der Waals surface area contributed by atoms with Crippen molar-refractivity contribution < 1.29 is 9.47 Å². The van der Waals surface area contributed by atoms with Gasteiger partial charge >= 0.3 is 0 Å². The van der Waals surface area contributed by atoms with E-state index in [4.69, 9.17) is 21.1 Å². The van der Waals surface area contributed by atoms with Crippen LogP contribution >= 0.6 is 11.6 Å². The van der Waals surface area contributed by atoms with Gasteiger partial charge in [0.25, 0.3) is 0 Å². The van der Waals surface area contributed by atoms with Crippen LogP contribution in [0.3, 0.4) is 0 Å². The van der Waals surface area contributed by atoms with Crippen molar-refractivity contribution in [3.8, 4) is 11.5 Å². The van der Waals surface area contributed by atoms with Crippen LogP contribution in [0, 0.1) is 6.92 Å². The number of rotatable bonds is 9. The highest BCUT2D eigenvalue weighted by Gasteiger charge is 2.14. The Hall–Kier alpha value is -2.49. The van der Waals surface area contributed by atoms with Crippen LogP contribution in [-0.4, -0.2) is 6.61 Å². The molecule has 0 amide bonds. The quantitative estimate of drug-likeness (QED) is 0.439. The molecule has 0 spiro atoms. The lowest BCUT2D eigenvalue weighted by Crippen LogP contribution is -2.18. The van der Waals surface area contributed by atoms with Gasteiger partial charge in [-0.15, -0.1) is 0 Å². The van der Waals surface area contributed by atoms with Gasteiger partial charge < -0.3 is 14.8 Å². The number of ether oxygens (including phenoxy) is 2. The first-order chi connectivity index (χ1) is 14.1. The van der Waals surface area contributed by atoms with Crippen molar-refractivity contribution in [3.63, 3.8) is 0 Å². The van der Waals surface area contributed by atoms with Crippen LogP contribution in [0.15, 0.2) is 66.7 Å². The molecule has 0 fully saturated rings. The van der Waals surface area contributed by atoms with Gasteiger partial charge in [-0.1, -0.05) is 66.2 Å². The topological polar surface area (TPSA) is 30.5 Å². The van der Waals surface area contributed by atoms with Crippen molar-refractivity contribution >= 4 is 11.6 Å². The van der Waals surface area contributed by atoms with E-state index in [1.54, 1.807) is 0 Å². The fraction of sp³-hybridized carbons (Fsp3) is 0.280. The zero-order valence-corrected chi connectivity index (χ0v) is 18.0. The summed E-state index contributed by atoms with van der Waals surface area (Å²) in [4.78, 5) is 0. The second-order valence-corrected chi connectivity index (χ2v) is 7.47. The largest absolute Gasteiger partial charge is 0.490 e. The third-order valence-corrected chi connectivity index (χ3v) is 5.20. The van der Waals surface area contributed by atoms with Crippen LogP contribution in [-0.2, 0) is 13.2 Å². The van der Waals surface area contributed by atoms with Crippen molar-refractivity contribution in [1.29, 1.82) is 0 Å². The lowest BCUT2D eigenvalue weighted by Gasteiger charge is -2.18. The number of hydrogen-bond donors (Lipinski definition) is 1. The minimum atomic E-state index is 0.238.